The number of halogens is 2. The molecule has 1 aromatic carbocycles. The third-order valence-corrected chi connectivity index (χ3v) is 9.44. The van der Waals surface area contributed by atoms with Crippen LogP contribution < -0.4 is 5.32 Å². The molecule has 0 aliphatic carbocycles. The standard InChI is InChI=1S/C19H22ClFN5O8PS/c1-9(10-2-4-11(21)5-3-10)23-16-12-6-22-26(17(12)25-19(20)24-16)18-15(28)14(27)13(34-18)7-36(32,33)8-35(29,30)31/h2-6,9,13-15,18,27-28H,7-8H2,1H3,(H,23,24,25)(H2,29,30,31)/t9?,13-,14-,15-,18-/m1/s1. The van der Waals surface area contributed by atoms with E-state index in [9.17, 15) is 27.6 Å². The summed E-state index contributed by atoms with van der Waals surface area (Å²) in [5.41, 5.74) is -0.579. The molecule has 0 radical (unpaired) electrons. The Balaban J connectivity index is 1.61. The van der Waals surface area contributed by atoms with Crippen molar-refractivity contribution in [1.82, 2.24) is 19.7 Å². The van der Waals surface area contributed by atoms with Gasteiger partial charge in [0.05, 0.1) is 17.3 Å². The lowest BCUT2D eigenvalue weighted by atomic mass is 10.1. The van der Waals surface area contributed by atoms with E-state index in [0.29, 0.717) is 5.39 Å². The molecule has 17 heteroatoms. The summed E-state index contributed by atoms with van der Waals surface area (Å²) in [5, 5.41) is 28.3. The summed E-state index contributed by atoms with van der Waals surface area (Å²) >= 11 is 6.09. The minimum Gasteiger partial charge on any atom is -0.387 e. The van der Waals surface area contributed by atoms with Gasteiger partial charge in [-0.2, -0.15) is 15.1 Å². The molecule has 0 spiro atoms. The minimum atomic E-state index is -4.89. The average molecular weight is 566 g/mol. The number of aliphatic hydroxyl groups excluding tert-OH is 2. The first-order chi connectivity index (χ1) is 16.7. The second-order valence-electron chi connectivity index (χ2n) is 8.34. The first-order valence-corrected chi connectivity index (χ1v) is 14.4. The molecule has 5 atom stereocenters. The van der Waals surface area contributed by atoms with Crippen molar-refractivity contribution in [2.75, 3.05) is 16.6 Å². The number of nitrogens with one attached hydrogen (secondary N) is 1. The summed E-state index contributed by atoms with van der Waals surface area (Å²) in [6.07, 6.45) is -4.87. The number of hydrogen-bond donors (Lipinski definition) is 5. The third-order valence-electron chi connectivity index (χ3n) is 5.51. The molecule has 0 amide bonds. The Kier molecular flexibility index (Phi) is 7.38. The SMILES string of the molecule is CC(Nc1nc(Cl)nc2c1cnn2[C@@H]1O[C@H](CS(=O)(=O)CP(=O)(O)O)[C@@H](O)[C@H]1O)c1ccc(F)cc1. The molecule has 0 saturated carbocycles. The summed E-state index contributed by atoms with van der Waals surface area (Å²) in [6.45, 7) is 1.81. The van der Waals surface area contributed by atoms with Gasteiger partial charge in [0.25, 0.3) is 0 Å². The van der Waals surface area contributed by atoms with Gasteiger partial charge in [-0.05, 0) is 36.2 Å². The van der Waals surface area contributed by atoms with Crippen molar-refractivity contribution >= 4 is 45.9 Å². The molecule has 3 heterocycles. The van der Waals surface area contributed by atoms with Crippen LogP contribution in [0.4, 0.5) is 10.2 Å². The zero-order chi connectivity index (χ0) is 26.4. The van der Waals surface area contributed by atoms with Gasteiger partial charge in [-0.3, -0.25) is 4.57 Å². The fourth-order valence-electron chi connectivity index (χ4n) is 3.86. The van der Waals surface area contributed by atoms with Crippen LogP contribution in [0.3, 0.4) is 0 Å². The lowest BCUT2D eigenvalue weighted by Crippen LogP contribution is -2.36. The summed E-state index contributed by atoms with van der Waals surface area (Å²) in [4.78, 5) is 26.2. The number of aliphatic hydroxyl groups is 2. The molecule has 1 fully saturated rings. The van der Waals surface area contributed by atoms with Crippen molar-refractivity contribution in [3.05, 3.63) is 47.1 Å². The maximum absolute atomic E-state index is 13.3. The highest BCUT2D eigenvalue weighted by Gasteiger charge is 2.47. The summed E-state index contributed by atoms with van der Waals surface area (Å²) in [6, 6.07) is 5.49. The van der Waals surface area contributed by atoms with E-state index in [0.717, 1.165) is 10.2 Å². The van der Waals surface area contributed by atoms with Crippen LogP contribution in [-0.4, -0.2) is 77.7 Å². The minimum absolute atomic E-state index is 0.0961. The summed E-state index contributed by atoms with van der Waals surface area (Å²) in [7, 11) is -9.22. The molecule has 1 unspecified atom stereocenters. The highest BCUT2D eigenvalue weighted by molar-refractivity contribution is 7.97. The molecule has 1 aliphatic heterocycles. The van der Waals surface area contributed by atoms with Gasteiger partial charge >= 0.3 is 7.60 Å². The van der Waals surface area contributed by atoms with Gasteiger partial charge in [0.15, 0.2) is 27.2 Å². The van der Waals surface area contributed by atoms with Crippen molar-refractivity contribution in [1.29, 1.82) is 0 Å². The smallest absolute Gasteiger partial charge is 0.340 e. The number of ether oxygens (including phenoxy) is 1. The van der Waals surface area contributed by atoms with Gasteiger partial charge < -0.3 is 30.1 Å². The molecule has 1 saturated heterocycles. The average Bonchev–Trinajstić information content (AvgIpc) is 3.28. The predicted molar refractivity (Wildman–Crippen MR) is 125 cm³/mol. The van der Waals surface area contributed by atoms with Gasteiger partial charge in [0, 0.05) is 6.04 Å². The number of fused-ring (bicyclic) bond motifs is 1. The maximum atomic E-state index is 13.3. The summed E-state index contributed by atoms with van der Waals surface area (Å²) < 4.78 is 55.3. The van der Waals surface area contributed by atoms with E-state index in [1.54, 1.807) is 12.1 Å². The number of nitrogens with zero attached hydrogens (tertiary/aromatic N) is 4. The monoisotopic (exact) mass is 565 g/mol. The molecule has 4 rings (SSSR count). The van der Waals surface area contributed by atoms with Crippen molar-refractivity contribution in [3.63, 3.8) is 0 Å². The Morgan fingerprint density at radius 3 is 2.53 bits per heavy atom. The molecule has 36 heavy (non-hydrogen) atoms. The van der Waals surface area contributed by atoms with Crippen LogP contribution in [0.15, 0.2) is 30.5 Å². The van der Waals surface area contributed by atoms with Crippen LogP contribution in [0.25, 0.3) is 11.0 Å². The van der Waals surface area contributed by atoms with E-state index in [2.05, 4.69) is 20.4 Å². The molecule has 2 aromatic heterocycles. The largest absolute Gasteiger partial charge is 0.387 e. The second kappa shape index (κ2) is 9.91. The van der Waals surface area contributed by atoms with E-state index >= 15 is 0 Å². The third kappa shape index (κ3) is 5.84. The number of anilines is 1. The molecular weight excluding hydrogens is 544 g/mol. The highest BCUT2D eigenvalue weighted by Crippen LogP contribution is 2.38. The highest BCUT2D eigenvalue weighted by atomic mass is 35.5. The van der Waals surface area contributed by atoms with E-state index in [-0.39, 0.29) is 28.6 Å². The van der Waals surface area contributed by atoms with Gasteiger partial charge in [-0.25, -0.2) is 17.5 Å². The Morgan fingerprint density at radius 2 is 1.89 bits per heavy atom. The summed E-state index contributed by atoms with van der Waals surface area (Å²) in [5.74, 6) is -1.06. The molecule has 0 bridgehead atoms. The molecule has 5 N–H and O–H groups in total. The van der Waals surface area contributed by atoms with Crippen molar-refractivity contribution in [3.8, 4) is 0 Å². The van der Waals surface area contributed by atoms with Crippen LogP contribution in [0.5, 0.6) is 0 Å². The number of sulfone groups is 1. The van der Waals surface area contributed by atoms with E-state index < -0.39 is 53.2 Å². The predicted octanol–water partition coefficient (Wildman–Crippen LogP) is 0.961. The normalized spacial score (nSPS) is 23.8. The topological polar surface area (TPSA) is 197 Å². The second-order valence-corrected chi connectivity index (χ2v) is 12.9. The van der Waals surface area contributed by atoms with E-state index in [1.807, 2.05) is 6.92 Å². The van der Waals surface area contributed by atoms with Crippen molar-refractivity contribution in [2.45, 2.75) is 37.5 Å². The van der Waals surface area contributed by atoms with E-state index in [1.165, 1.54) is 18.3 Å². The fraction of sp³-hybridized carbons (Fsp3) is 0.421. The Bertz CT molecular complexity index is 1420. The van der Waals surface area contributed by atoms with Gasteiger partial charge in [0.1, 0.15) is 29.9 Å². The maximum Gasteiger partial charge on any atom is 0.340 e. The molecule has 1 aliphatic rings. The zero-order valence-corrected chi connectivity index (χ0v) is 21.0. The van der Waals surface area contributed by atoms with Crippen LogP contribution in [0, 0.1) is 5.82 Å². The number of rotatable bonds is 8. The molecule has 3 aromatic rings. The van der Waals surface area contributed by atoms with Crippen LogP contribution in [-0.2, 0) is 19.1 Å². The zero-order valence-electron chi connectivity index (χ0n) is 18.5. The van der Waals surface area contributed by atoms with Crippen LogP contribution in [0.1, 0.15) is 24.8 Å². The number of hydrogen-bond acceptors (Lipinski definition) is 10. The van der Waals surface area contributed by atoms with Gasteiger partial charge in [0.2, 0.25) is 5.28 Å². The Morgan fingerprint density at radius 1 is 1.22 bits per heavy atom. The molecule has 13 nitrogen and oxygen atoms in total. The fourth-order valence-corrected chi connectivity index (χ4v) is 7.28. The Labute approximate surface area is 209 Å². The van der Waals surface area contributed by atoms with Gasteiger partial charge in [-0.15, -0.1) is 0 Å². The number of aromatic nitrogens is 4. The molecule has 196 valence electrons. The lowest BCUT2D eigenvalue weighted by molar-refractivity contribution is -0.0364. The Hall–Kier alpha value is -2.23. The molecular formula is C19H22ClFN5O8PS. The van der Waals surface area contributed by atoms with Crippen molar-refractivity contribution < 1.29 is 42.1 Å². The lowest BCUT2D eigenvalue weighted by Gasteiger charge is -2.17. The van der Waals surface area contributed by atoms with E-state index in [4.69, 9.17) is 26.1 Å². The first-order valence-electron chi connectivity index (χ1n) is 10.4. The quantitative estimate of drug-likeness (QED) is 0.192. The first kappa shape index (κ1) is 26.8. The van der Waals surface area contributed by atoms with Crippen LogP contribution in [0.2, 0.25) is 5.28 Å². The van der Waals surface area contributed by atoms with Crippen LogP contribution >= 0.6 is 19.2 Å². The van der Waals surface area contributed by atoms with Crippen molar-refractivity contribution in [2.24, 2.45) is 0 Å². The van der Waals surface area contributed by atoms with Gasteiger partial charge in [-0.1, -0.05) is 12.1 Å². The number of benzene rings is 1.